The standard InChI is InChI=1S/C13H17FN2O/c14-11-5-3-10(4-6-11)8-13(17)16-9-12-2-1-7-15-12/h3-6,12,15H,1-2,7-9H2,(H,16,17). The molecule has 1 aromatic carbocycles. The predicted molar refractivity (Wildman–Crippen MR) is 64.1 cm³/mol. The molecule has 0 bridgehead atoms. The molecule has 1 amide bonds. The Labute approximate surface area is 100 Å². The van der Waals surface area contributed by atoms with Crippen LogP contribution in [0.15, 0.2) is 24.3 Å². The number of benzene rings is 1. The van der Waals surface area contributed by atoms with Crippen LogP contribution in [0.3, 0.4) is 0 Å². The van der Waals surface area contributed by atoms with Gasteiger partial charge in [0.2, 0.25) is 5.91 Å². The van der Waals surface area contributed by atoms with Crippen LogP contribution in [0.2, 0.25) is 0 Å². The molecule has 1 unspecified atom stereocenters. The van der Waals surface area contributed by atoms with Gasteiger partial charge in [-0.1, -0.05) is 12.1 Å². The summed E-state index contributed by atoms with van der Waals surface area (Å²) >= 11 is 0. The van der Waals surface area contributed by atoms with Crippen molar-refractivity contribution >= 4 is 5.91 Å². The van der Waals surface area contributed by atoms with Crippen LogP contribution in [0.1, 0.15) is 18.4 Å². The van der Waals surface area contributed by atoms with Gasteiger partial charge in [-0.2, -0.15) is 0 Å². The summed E-state index contributed by atoms with van der Waals surface area (Å²) in [4.78, 5) is 11.6. The monoisotopic (exact) mass is 236 g/mol. The molecule has 0 spiro atoms. The van der Waals surface area contributed by atoms with Crippen molar-refractivity contribution in [3.8, 4) is 0 Å². The molecule has 92 valence electrons. The molecule has 4 heteroatoms. The average molecular weight is 236 g/mol. The Hall–Kier alpha value is -1.42. The number of hydrogen-bond acceptors (Lipinski definition) is 2. The molecular formula is C13H17FN2O. The lowest BCUT2D eigenvalue weighted by Crippen LogP contribution is -2.37. The molecule has 1 aliphatic rings. The Bertz CT molecular complexity index is 372. The van der Waals surface area contributed by atoms with Crippen LogP contribution in [0, 0.1) is 5.82 Å². The highest BCUT2D eigenvalue weighted by molar-refractivity contribution is 5.78. The second kappa shape index (κ2) is 5.77. The lowest BCUT2D eigenvalue weighted by atomic mass is 10.1. The maximum Gasteiger partial charge on any atom is 0.224 e. The van der Waals surface area contributed by atoms with Crippen LogP contribution < -0.4 is 10.6 Å². The van der Waals surface area contributed by atoms with Crippen LogP contribution in [0.25, 0.3) is 0 Å². The maximum atomic E-state index is 12.7. The van der Waals surface area contributed by atoms with E-state index in [2.05, 4.69) is 10.6 Å². The van der Waals surface area contributed by atoms with Crippen LogP contribution >= 0.6 is 0 Å². The number of carbonyl (C=O) groups excluding carboxylic acids is 1. The number of nitrogens with one attached hydrogen (secondary N) is 2. The third-order valence-electron chi connectivity index (χ3n) is 2.99. The zero-order valence-corrected chi connectivity index (χ0v) is 9.71. The first kappa shape index (κ1) is 12.0. The van der Waals surface area contributed by atoms with Gasteiger partial charge in [-0.05, 0) is 37.1 Å². The van der Waals surface area contributed by atoms with Crippen molar-refractivity contribution in [3.63, 3.8) is 0 Å². The van der Waals surface area contributed by atoms with Crippen molar-refractivity contribution in [1.82, 2.24) is 10.6 Å². The Morgan fingerprint density at radius 3 is 2.82 bits per heavy atom. The van der Waals surface area contributed by atoms with E-state index in [1.54, 1.807) is 12.1 Å². The molecule has 0 radical (unpaired) electrons. The molecule has 0 aliphatic carbocycles. The van der Waals surface area contributed by atoms with E-state index < -0.39 is 0 Å². The van der Waals surface area contributed by atoms with E-state index >= 15 is 0 Å². The van der Waals surface area contributed by atoms with Gasteiger partial charge in [0.05, 0.1) is 6.42 Å². The first-order chi connectivity index (χ1) is 8.24. The quantitative estimate of drug-likeness (QED) is 0.825. The van der Waals surface area contributed by atoms with Crippen molar-refractivity contribution < 1.29 is 9.18 Å². The number of hydrogen-bond donors (Lipinski definition) is 2. The smallest absolute Gasteiger partial charge is 0.224 e. The molecule has 0 saturated carbocycles. The average Bonchev–Trinajstić information content (AvgIpc) is 2.83. The van der Waals surface area contributed by atoms with E-state index in [1.165, 1.54) is 18.6 Å². The normalized spacial score (nSPS) is 19.2. The molecule has 1 aliphatic heterocycles. The number of halogens is 1. The third-order valence-corrected chi connectivity index (χ3v) is 2.99. The minimum atomic E-state index is -0.274. The third kappa shape index (κ3) is 3.82. The molecule has 0 aromatic heterocycles. The highest BCUT2D eigenvalue weighted by atomic mass is 19.1. The number of carbonyl (C=O) groups is 1. The van der Waals surface area contributed by atoms with E-state index in [0.717, 1.165) is 18.5 Å². The van der Waals surface area contributed by atoms with E-state index in [1.807, 2.05) is 0 Å². The van der Waals surface area contributed by atoms with Gasteiger partial charge in [0.25, 0.3) is 0 Å². The molecule has 2 N–H and O–H groups in total. The summed E-state index contributed by atoms with van der Waals surface area (Å²) in [7, 11) is 0. The van der Waals surface area contributed by atoms with Gasteiger partial charge in [0.1, 0.15) is 5.82 Å². The van der Waals surface area contributed by atoms with Gasteiger partial charge in [0, 0.05) is 12.6 Å². The highest BCUT2D eigenvalue weighted by Crippen LogP contribution is 2.05. The predicted octanol–water partition coefficient (Wildman–Crippen LogP) is 1.24. The Kier molecular flexibility index (Phi) is 4.09. The van der Waals surface area contributed by atoms with Crippen molar-refractivity contribution in [2.24, 2.45) is 0 Å². The lowest BCUT2D eigenvalue weighted by Gasteiger charge is -2.11. The summed E-state index contributed by atoms with van der Waals surface area (Å²) in [5, 5.41) is 6.21. The van der Waals surface area contributed by atoms with Crippen molar-refractivity contribution in [2.45, 2.75) is 25.3 Å². The summed E-state index contributed by atoms with van der Waals surface area (Å²) in [6.07, 6.45) is 2.61. The molecule has 17 heavy (non-hydrogen) atoms. The number of amides is 1. The minimum absolute atomic E-state index is 0.00897. The molecular weight excluding hydrogens is 219 g/mol. The SMILES string of the molecule is O=C(Cc1ccc(F)cc1)NCC1CCCN1. The van der Waals surface area contributed by atoms with Gasteiger partial charge in [-0.15, -0.1) is 0 Å². The molecule has 1 aromatic rings. The fourth-order valence-electron chi connectivity index (χ4n) is 2.02. The summed E-state index contributed by atoms with van der Waals surface area (Å²) in [5.74, 6) is -0.283. The van der Waals surface area contributed by atoms with Crippen LogP contribution in [-0.4, -0.2) is 25.0 Å². The summed E-state index contributed by atoms with van der Waals surface area (Å²) in [5.41, 5.74) is 0.836. The van der Waals surface area contributed by atoms with Crippen LogP contribution in [0.4, 0.5) is 4.39 Å². The molecule has 1 fully saturated rings. The van der Waals surface area contributed by atoms with Gasteiger partial charge >= 0.3 is 0 Å². The summed E-state index contributed by atoms with van der Waals surface area (Å²) in [6.45, 7) is 1.72. The second-order valence-electron chi connectivity index (χ2n) is 4.40. The first-order valence-electron chi connectivity index (χ1n) is 5.98. The maximum absolute atomic E-state index is 12.7. The van der Waals surface area contributed by atoms with Crippen LogP contribution in [-0.2, 0) is 11.2 Å². The number of rotatable bonds is 4. The van der Waals surface area contributed by atoms with Crippen molar-refractivity contribution in [3.05, 3.63) is 35.6 Å². The van der Waals surface area contributed by atoms with E-state index in [0.29, 0.717) is 19.0 Å². The molecule has 3 nitrogen and oxygen atoms in total. The summed E-state index contributed by atoms with van der Waals surface area (Å²) < 4.78 is 12.7. The zero-order valence-electron chi connectivity index (χ0n) is 9.71. The molecule has 2 rings (SSSR count). The van der Waals surface area contributed by atoms with Gasteiger partial charge in [0.15, 0.2) is 0 Å². The highest BCUT2D eigenvalue weighted by Gasteiger charge is 2.14. The molecule has 1 saturated heterocycles. The Balaban J connectivity index is 1.74. The van der Waals surface area contributed by atoms with E-state index in [-0.39, 0.29) is 11.7 Å². The van der Waals surface area contributed by atoms with Crippen LogP contribution in [0.5, 0.6) is 0 Å². The van der Waals surface area contributed by atoms with Gasteiger partial charge in [-0.25, -0.2) is 4.39 Å². The zero-order chi connectivity index (χ0) is 12.1. The topological polar surface area (TPSA) is 41.1 Å². The molecule has 1 heterocycles. The van der Waals surface area contributed by atoms with E-state index in [9.17, 15) is 9.18 Å². The lowest BCUT2D eigenvalue weighted by molar-refractivity contribution is -0.120. The van der Waals surface area contributed by atoms with Gasteiger partial charge < -0.3 is 10.6 Å². The van der Waals surface area contributed by atoms with Gasteiger partial charge in [-0.3, -0.25) is 4.79 Å². The van der Waals surface area contributed by atoms with Crippen molar-refractivity contribution in [2.75, 3.05) is 13.1 Å². The fourth-order valence-corrected chi connectivity index (χ4v) is 2.02. The Morgan fingerprint density at radius 2 is 2.18 bits per heavy atom. The van der Waals surface area contributed by atoms with Crippen molar-refractivity contribution in [1.29, 1.82) is 0 Å². The summed E-state index contributed by atoms with van der Waals surface area (Å²) in [6, 6.07) is 6.44. The largest absolute Gasteiger partial charge is 0.354 e. The van der Waals surface area contributed by atoms with E-state index in [4.69, 9.17) is 0 Å². The second-order valence-corrected chi connectivity index (χ2v) is 4.40. The Morgan fingerprint density at radius 1 is 1.41 bits per heavy atom. The fraction of sp³-hybridized carbons (Fsp3) is 0.462. The first-order valence-corrected chi connectivity index (χ1v) is 5.98. The minimum Gasteiger partial charge on any atom is -0.354 e. The molecule has 1 atom stereocenters.